The maximum Gasteiger partial charge on any atom is 0.220 e. The van der Waals surface area contributed by atoms with Crippen LogP contribution in [0.25, 0.3) is 22.6 Å². The van der Waals surface area contributed by atoms with Crippen molar-refractivity contribution in [3.63, 3.8) is 0 Å². The van der Waals surface area contributed by atoms with Gasteiger partial charge in [-0.25, -0.2) is 19.3 Å². The molecule has 0 aliphatic carbocycles. The number of imidazole rings is 1. The number of nitrogens with zero attached hydrogens (tertiary/aromatic N) is 5. The second-order valence-corrected chi connectivity index (χ2v) is 6.69. The molecular weight excluding hydrogens is 359 g/mol. The van der Waals surface area contributed by atoms with Gasteiger partial charge in [0.25, 0.3) is 0 Å². The molecular formula is C20H23FN6O. The third-order valence-corrected chi connectivity index (χ3v) is 4.98. The van der Waals surface area contributed by atoms with Crippen molar-refractivity contribution in [2.24, 2.45) is 0 Å². The highest BCUT2D eigenvalue weighted by Crippen LogP contribution is 2.34. The normalized spacial score (nSPS) is 16.2. The van der Waals surface area contributed by atoms with Crippen LogP contribution < -0.4 is 5.73 Å². The van der Waals surface area contributed by atoms with Crippen molar-refractivity contribution >= 4 is 5.95 Å². The first-order chi connectivity index (χ1) is 13.7. The molecule has 2 aromatic heterocycles. The van der Waals surface area contributed by atoms with Gasteiger partial charge in [-0.1, -0.05) is 6.92 Å². The molecule has 1 aliphatic heterocycles. The molecule has 3 aromatic rings. The summed E-state index contributed by atoms with van der Waals surface area (Å²) in [5.74, 6) is -0.0782. The van der Waals surface area contributed by atoms with Crippen LogP contribution in [0.5, 0.6) is 0 Å². The average Bonchev–Trinajstić information content (AvgIpc) is 3.15. The van der Waals surface area contributed by atoms with Gasteiger partial charge in [0.05, 0.1) is 42.8 Å². The van der Waals surface area contributed by atoms with Gasteiger partial charge in [-0.3, -0.25) is 4.90 Å². The van der Waals surface area contributed by atoms with Crippen molar-refractivity contribution in [1.82, 2.24) is 24.4 Å². The van der Waals surface area contributed by atoms with Crippen LogP contribution in [0, 0.1) is 5.82 Å². The van der Waals surface area contributed by atoms with E-state index in [-0.39, 0.29) is 17.9 Å². The Kier molecular flexibility index (Phi) is 5.31. The maximum absolute atomic E-state index is 13.4. The lowest BCUT2D eigenvalue weighted by molar-refractivity contribution is -0.00229. The van der Waals surface area contributed by atoms with Gasteiger partial charge in [0, 0.05) is 24.8 Å². The number of nitrogens with two attached hydrogens (primary N) is 1. The van der Waals surface area contributed by atoms with Crippen molar-refractivity contribution < 1.29 is 9.13 Å². The Morgan fingerprint density at radius 3 is 2.57 bits per heavy atom. The van der Waals surface area contributed by atoms with Gasteiger partial charge < -0.3 is 15.0 Å². The molecule has 4 rings (SSSR count). The van der Waals surface area contributed by atoms with Crippen LogP contribution in [-0.2, 0) is 4.74 Å². The van der Waals surface area contributed by atoms with Crippen molar-refractivity contribution in [2.45, 2.75) is 19.5 Å². The summed E-state index contributed by atoms with van der Waals surface area (Å²) in [6, 6.07) is 8.15. The monoisotopic (exact) mass is 382 g/mol. The van der Waals surface area contributed by atoms with Gasteiger partial charge >= 0.3 is 0 Å². The summed E-state index contributed by atoms with van der Waals surface area (Å²) in [6.07, 6.45) is 4.47. The highest BCUT2D eigenvalue weighted by atomic mass is 19.1. The first-order valence-corrected chi connectivity index (χ1v) is 9.41. The number of anilines is 1. The number of aromatic nitrogens is 4. The van der Waals surface area contributed by atoms with Gasteiger partial charge in [-0.2, -0.15) is 0 Å². The standard InChI is InChI=1S/C20H23FN6O/c1-2-17(26-9-11-28-12-10-26)27-13-24-18(14-3-5-15(21)6-4-14)19(27)16-7-8-23-20(22)25-16/h3-8,13,17H,2,9-12H2,1H3,(H2,22,23,25). The Morgan fingerprint density at radius 1 is 1.14 bits per heavy atom. The van der Waals surface area contributed by atoms with E-state index in [0.717, 1.165) is 36.5 Å². The van der Waals surface area contributed by atoms with E-state index >= 15 is 0 Å². The Balaban J connectivity index is 1.85. The lowest BCUT2D eigenvalue weighted by atomic mass is 10.1. The predicted octanol–water partition coefficient (Wildman–Crippen LogP) is 2.97. The van der Waals surface area contributed by atoms with E-state index < -0.39 is 0 Å². The summed E-state index contributed by atoms with van der Waals surface area (Å²) < 4.78 is 21.1. The second kappa shape index (κ2) is 8.04. The predicted molar refractivity (Wildman–Crippen MR) is 105 cm³/mol. The summed E-state index contributed by atoms with van der Waals surface area (Å²) in [5, 5.41) is 0. The number of halogens is 1. The quantitative estimate of drug-likeness (QED) is 0.731. The number of morpholine rings is 1. The summed E-state index contributed by atoms with van der Waals surface area (Å²) in [6.45, 7) is 5.29. The second-order valence-electron chi connectivity index (χ2n) is 6.69. The van der Waals surface area contributed by atoms with Crippen LogP contribution in [-0.4, -0.2) is 50.7 Å². The maximum atomic E-state index is 13.4. The fourth-order valence-electron chi connectivity index (χ4n) is 3.67. The zero-order valence-corrected chi connectivity index (χ0v) is 15.8. The van der Waals surface area contributed by atoms with Crippen molar-refractivity contribution in [2.75, 3.05) is 32.0 Å². The minimum absolute atomic E-state index is 0.108. The zero-order valence-electron chi connectivity index (χ0n) is 15.8. The average molecular weight is 382 g/mol. The molecule has 0 amide bonds. The molecule has 3 heterocycles. The zero-order chi connectivity index (χ0) is 19.5. The molecule has 0 bridgehead atoms. The molecule has 0 saturated carbocycles. The van der Waals surface area contributed by atoms with Crippen molar-refractivity contribution in [3.05, 3.63) is 48.7 Å². The number of rotatable bonds is 5. The third kappa shape index (κ3) is 3.61. The van der Waals surface area contributed by atoms with Gasteiger partial charge in [0.2, 0.25) is 5.95 Å². The number of benzene rings is 1. The molecule has 7 nitrogen and oxygen atoms in total. The van der Waals surface area contributed by atoms with Crippen molar-refractivity contribution in [3.8, 4) is 22.6 Å². The Bertz CT molecular complexity index is 936. The molecule has 8 heteroatoms. The minimum atomic E-state index is -0.282. The molecule has 1 unspecified atom stereocenters. The van der Waals surface area contributed by atoms with Crippen molar-refractivity contribution in [1.29, 1.82) is 0 Å². The lowest BCUT2D eigenvalue weighted by Gasteiger charge is -2.35. The molecule has 1 aromatic carbocycles. The molecule has 1 aliphatic rings. The van der Waals surface area contributed by atoms with Crippen LogP contribution >= 0.6 is 0 Å². The van der Waals surface area contributed by atoms with Gasteiger partial charge in [-0.15, -0.1) is 0 Å². The lowest BCUT2D eigenvalue weighted by Crippen LogP contribution is -2.41. The first kappa shape index (κ1) is 18.5. The summed E-state index contributed by atoms with van der Waals surface area (Å²) >= 11 is 0. The van der Waals surface area contributed by atoms with E-state index in [0.29, 0.717) is 18.9 Å². The molecule has 1 fully saturated rings. The highest BCUT2D eigenvalue weighted by molar-refractivity contribution is 5.77. The molecule has 0 spiro atoms. The fourth-order valence-corrected chi connectivity index (χ4v) is 3.67. The SMILES string of the molecule is CCC(N1CCOCC1)n1cnc(-c2ccc(F)cc2)c1-c1ccnc(N)n1. The first-order valence-electron chi connectivity index (χ1n) is 9.41. The van der Waals surface area contributed by atoms with Gasteiger partial charge in [-0.05, 0) is 36.8 Å². The van der Waals surface area contributed by atoms with Gasteiger partial charge in [0.1, 0.15) is 5.82 Å². The number of hydrogen-bond acceptors (Lipinski definition) is 6. The van der Waals surface area contributed by atoms with Gasteiger partial charge in [0.15, 0.2) is 0 Å². The smallest absolute Gasteiger partial charge is 0.220 e. The molecule has 2 N–H and O–H groups in total. The van der Waals surface area contributed by atoms with E-state index in [1.807, 2.05) is 12.4 Å². The van der Waals surface area contributed by atoms with Crippen LogP contribution in [0.2, 0.25) is 0 Å². The topological polar surface area (TPSA) is 82.1 Å². The largest absolute Gasteiger partial charge is 0.379 e. The minimum Gasteiger partial charge on any atom is -0.379 e. The van der Waals surface area contributed by atoms with Crippen LogP contribution in [0.3, 0.4) is 0 Å². The fraction of sp³-hybridized carbons (Fsp3) is 0.350. The number of nitrogen functional groups attached to an aromatic ring is 1. The number of hydrogen-bond donors (Lipinski definition) is 1. The number of ether oxygens (including phenoxy) is 1. The Morgan fingerprint density at radius 2 is 1.89 bits per heavy atom. The Hall–Kier alpha value is -2.84. The van der Waals surface area contributed by atoms with E-state index in [1.165, 1.54) is 12.1 Å². The van der Waals surface area contributed by atoms with E-state index in [1.54, 1.807) is 18.3 Å². The van der Waals surface area contributed by atoms with Crippen LogP contribution in [0.15, 0.2) is 42.9 Å². The van der Waals surface area contributed by atoms with E-state index in [2.05, 4.69) is 31.3 Å². The molecule has 1 atom stereocenters. The third-order valence-electron chi connectivity index (χ3n) is 4.98. The summed E-state index contributed by atoms with van der Waals surface area (Å²) in [5.41, 5.74) is 8.95. The van der Waals surface area contributed by atoms with E-state index in [4.69, 9.17) is 10.5 Å². The molecule has 28 heavy (non-hydrogen) atoms. The highest BCUT2D eigenvalue weighted by Gasteiger charge is 2.26. The summed E-state index contributed by atoms with van der Waals surface area (Å²) in [4.78, 5) is 15.5. The van der Waals surface area contributed by atoms with Crippen LogP contribution in [0.1, 0.15) is 19.5 Å². The molecule has 0 radical (unpaired) electrons. The molecule has 1 saturated heterocycles. The summed E-state index contributed by atoms with van der Waals surface area (Å²) in [7, 11) is 0. The van der Waals surface area contributed by atoms with Crippen LogP contribution in [0.4, 0.5) is 10.3 Å². The van der Waals surface area contributed by atoms with E-state index in [9.17, 15) is 4.39 Å². The Labute approximate surface area is 163 Å². The molecule has 146 valence electrons.